The summed E-state index contributed by atoms with van der Waals surface area (Å²) in [6.45, 7) is 15.3. The van der Waals surface area contributed by atoms with Crippen molar-refractivity contribution in [1.82, 2.24) is 5.06 Å². The number of hydrogen-bond donors (Lipinski definition) is 0. The van der Waals surface area contributed by atoms with Gasteiger partial charge in [-0.25, -0.2) is 0 Å². The highest BCUT2D eigenvalue weighted by atomic mass is 16.7. The number of nitrogens with zero attached hydrogens (tertiary/aromatic N) is 1. The van der Waals surface area contributed by atoms with Crippen molar-refractivity contribution in [3.05, 3.63) is 35.9 Å². The first kappa shape index (κ1) is 34.8. The van der Waals surface area contributed by atoms with Crippen LogP contribution in [0.25, 0.3) is 0 Å². The molecule has 1 aromatic rings. The zero-order valence-electron chi connectivity index (χ0n) is 27.4. The molecule has 0 spiro atoms. The van der Waals surface area contributed by atoms with Gasteiger partial charge in [0.1, 0.15) is 11.7 Å². The van der Waals surface area contributed by atoms with E-state index in [9.17, 15) is 4.79 Å². The molecule has 4 nitrogen and oxygen atoms in total. The molecule has 2 rings (SSSR count). The molecular weight excluding hydrogens is 494 g/mol. The number of piperidine rings is 1. The molecule has 1 aromatic carbocycles. The Morgan fingerprint density at radius 3 is 1.62 bits per heavy atom. The topological polar surface area (TPSA) is 38.8 Å². The molecule has 1 saturated heterocycles. The molecule has 0 unspecified atom stereocenters. The maximum atomic E-state index is 12.7. The fraction of sp³-hybridized carbons (Fsp3) is 0.806. The van der Waals surface area contributed by atoms with E-state index in [0.29, 0.717) is 6.42 Å². The molecule has 0 amide bonds. The Kier molecular flexibility index (Phi) is 15.3. The Morgan fingerprint density at radius 1 is 0.750 bits per heavy atom. The van der Waals surface area contributed by atoms with E-state index >= 15 is 0 Å². The summed E-state index contributed by atoms with van der Waals surface area (Å²) in [5.41, 5.74) is 0.187. The minimum atomic E-state index is -0.452. The second kappa shape index (κ2) is 17.5. The number of carbonyl (C=O) groups is 1. The number of benzene rings is 1. The number of hydrogen-bond acceptors (Lipinski definition) is 4. The predicted octanol–water partition coefficient (Wildman–Crippen LogP) is 10.7. The summed E-state index contributed by atoms with van der Waals surface area (Å²) in [5.74, 6) is -0.0368. The van der Waals surface area contributed by atoms with Crippen molar-refractivity contribution in [1.29, 1.82) is 0 Å². The lowest BCUT2D eigenvalue weighted by atomic mass is 9.80. The number of unbranched alkanes of at least 4 members (excludes halogenated alkanes) is 14. The van der Waals surface area contributed by atoms with E-state index in [1.54, 1.807) is 0 Å². The molecule has 0 aliphatic carbocycles. The Bertz CT molecular complexity index is 799. The smallest absolute Gasteiger partial charge is 0.306 e. The number of hydroxylamine groups is 2. The summed E-state index contributed by atoms with van der Waals surface area (Å²) in [7, 11) is 0. The monoisotopic (exact) mass is 557 g/mol. The van der Waals surface area contributed by atoms with Gasteiger partial charge in [0, 0.05) is 30.3 Å². The van der Waals surface area contributed by atoms with Gasteiger partial charge in [0.05, 0.1) is 0 Å². The van der Waals surface area contributed by atoms with Crippen LogP contribution in [0.5, 0.6) is 0 Å². The van der Waals surface area contributed by atoms with Crippen molar-refractivity contribution >= 4 is 5.97 Å². The third-order valence-corrected chi connectivity index (χ3v) is 8.63. The third-order valence-electron chi connectivity index (χ3n) is 8.63. The molecule has 0 radical (unpaired) electrons. The summed E-state index contributed by atoms with van der Waals surface area (Å²) in [4.78, 5) is 19.4. The third kappa shape index (κ3) is 12.6. The van der Waals surface area contributed by atoms with Crippen molar-refractivity contribution in [3.63, 3.8) is 0 Å². The summed E-state index contributed by atoms with van der Waals surface area (Å²) >= 11 is 0. The second-order valence-corrected chi connectivity index (χ2v) is 14.1. The maximum absolute atomic E-state index is 12.7. The predicted molar refractivity (Wildman–Crippen MR) is 169 cm³/mol. The minimum absolute atomic E-state index is 0.0368. The average Bonchev–Trinajstić information content (AvgIpc) is 2.88. The molecule has 1 aliphatic rings. The van der Waals surface area contributed by atoms with Gasteiger partial charge in [-0.15, -0.1) is 0 Å². The van der Waals surface area contributed by atoms with Crippen LogP contribution < -0.4 is 0 Å². The molecular formula is C36H63NO3. The van der Waals surface area contributed by atoms with Crippen LogP contribution in [0.15, 0.2) is 30.3 Å². The summed E-state index contributed by atoms with van der Waals surface area (Å²) in [6.07, 6.45) is 22.0. The fourth-order valence-electron chi connectivity index (χ4n) is 6.51. The summed E-state index contributed by atoms with van der Waals surface area (Å²) < 4.78 is 6.02. The summed E-state index contributed by atoms with van der Waals surface area (Å²) in [5, 5.41) is 2.16. The van der Waals surface area contributed by atoms with Crippen LogP contribution in [0, 0.1) is 0 Å². The van der Waals surface area contributed by atoms with Crippen LogP contribution in [0.1, 0.15) is 170 Å². The molecule has 0 bridgehead atoms. The van der Waals surface area contributed by atoms with E-state index < -0.39 is 5.60 Å². The molecule has 4 heteroatoms. The molecule has 1 aliphatic heterocycles. The number of esters is 1. The maximum Gasteiger partial charge on any atom is 0.306 e. The molecule has 0 N–H and O–H groups in total. The lowest BCUT2D eigenvalue weighted by Gasteiger charge is -2.55. The van der Waals surface area contributed by atoms with Crippen molar-refractivity contribution in [2.75, 3.05) is 0 Å². The van der Waals surface area contributed by atoms with Gasteiger partial charge in [-0.3, -0.25) is 9.63 Å². The van der Waals surface area contributed by atoms with Gasteiger partial charge in [-0.2, -0.15) is 5.06 Å². The molecule has 0 atom stereocenters. The Hall–Kier alpha value is -1.39. The largest absolute Gasteiger partial charge is 0.462 e. The zero-order valence-corrected chi connectivity index (χ0v) is 27.4. The summed E-state index contributed by atoms with van der Waals surface area (Å²) in [6, 6.07) is 10.4. The van der Waals surface area contributed by atoms with Gasteiger partial charge in [0.15, 0.2) is 0 Å². The van der Waals surface area contributed by atoms with E-state index in [4.69, 9.17) is 9.57 Å². The van der Waals surface area contributed by atoms with Gasteiger partial charge < -0.3 is 4.74 Å². The SMILES string of the molecule is CCCCCCCCCCCCCCCCCC(=O)OC1CC(C)(C)N(OC(C)(C)c2ccccc2)C(C)(C)C1. The van der Waals surface area contributed by atoms with Crippen molar-refractivity contribution < 1.29 is 14.4 Å². The number of carbonyl (C=O) groups excluding carboxylic acids is 1. The van der Waals surface area contributed by atoms with Crippen molar-refractivity contribution in [2.45, 2.75) is 187 Å². The van der Waals surface area contributed by atoms with E-state index in [1.165, 1.54) is 83.5 Å². The first-order valence-corrected chi connectivity index (χ1v) is 16.7. The quantitative estimate of drug-likeness (QED) is 0.118. The zero-order chi connectivity index (χ0) is 29.5. The Labute approximate surface area is 247 Å². The molecule has 40 heavy (non-hydrogen) atoms. The number of ether oxygens (including phenoxy) is 1. The van der Waals surface area contributed by atoms with Gasteiger partial charge in [-0.1, -0.05) is 127 Å². The molecule has 230 valence electrons. The molecule has 0 aromatic heterocycles. The van der Waals surface area contributed by atoms with Gasteiger partial charge in [-0.05, 0) is 53.5 Å². The van der Waals surface area contributed by atoms with E-state index in [2.05, 4.69) is 77.8 Å². The first-order chi connectivity index (χ1) is 19.0. The van der Waals surface area contributed by atoms with Crippen molar-refractivity contribution in [2.24, 2.45) is 0 Å². The Morgan fingerprint density at radius 2 is 1.18 bits per heavy atom. The lowest BCUT2D eigenvalue weighted by molar-refractivity contribution is -0.341. The van der Waals surface area contributed by atoms with Gasteiger partial charge >= 0.3 is 5.97 Å². The number of rotatable bonds is 20. The fourth-order valence-corrected chi connectivity index (χ4v) is 6.51. The Balaban J connectivity index is 1.60. The normalized spacial score (nSPS) is 17.7. The van der Waals surface area contributed by atoms with E-state index in [1.807, 2.05) is 6.07 Å². The molecule has 1 fully saturated rings. The van der Waals surface area contributed by atoms with Crippen LogP contribution >= 0.6 is 0 Å². The van der Waals surface area contributed by atoms with Crippen LogP contribution in [0.3, 0.4) is 0 Å². The van der Waals surface area contributed by atoms with E-state index in [-0.39, 0.29) is 23.2 Å². The van der Waals surface area contributed by atoms with Crippen LogP contribution in [0.4, 0.5) is 0 Å². The van der Waals surface area contributed by atoms with Crippen LogP contribution in [0.2, 0.25) is 0 Å². The highest BCUT2D eigenvalue weighted by molar-refractivity contribution is 5.69. The van der Waals surface area contributed by atoms with Crippen molar-refractivity contribution in [3.8, 4) is 0 Å². The highest BCUT2D eigenvalue weighted by Gasteiger charge is 2.49. The highest BCUT2D eigenvalue weighted by Crippen LogP contribution is 2.43. The molecule has 0 saturated carbocycles. The first-order valence-electron chi connectivity index (χ1n) is 16.7. The van der Waals surface area contributed by atoms with E-state index in [0.717, 1.165) is 31.2 Å². The van der Waals surface area contributed by atoms with Crippen LogP contribution in [-0.4, -0.2) is 28.2 Å². The molecule has 1 heterocycles. The van der Waals surface area contributed by atoms with Gasteiger partial charge in [0.25, 0.3) is 0 Å². The van der Waals surface area contributed by atoms with Gasteiger partial charge in [0.2, 0.25) is 0 Å². The average molecular weight is 558 g/mol. The second-order valence-electron chi connectivity index (χ2n) is 14.1. The van der Waals surface area contributed by atoms with Crippen LogP contribution in [-0.2, 0) is 20.0 Å². The lowest BCUT2D eigenvalue weighted by Crippen LogP contribution is -2.63. The minimum Gasteiger partial charge on any atom is -0.462 e. The standard InChI is InChI=1S/C36H63NO3/c1-8-9-10-11-12-13-14-15-16-17-18-19-20-21-25-28-33(38)39-32-29-34(2,3)37(35(4,5)30-32)40-36(6,7)31-26-23-22-24-27-31/h22-24,26-27,32H,8-21,25,28-30H2,1-7H3.